The second kappa shape index (κ2) is 6.27. The Hall–Kier alpha value is -0.850. The third-order valence-corrected chi connectivity index (χ3v) is 1.08. The Morgan fingerprint density at radius 3 is 2.60 bits per heavy atom. The van der Waals surface area contributed by atoms with E-state index in [4.69, 9.17) is 0 Å². The topological polar surface area (TPSA) is 17.1 Å². The van der Waals surface area contributed by atoms with Crippen LogP contribution in [0.2, 0.25) is 0 Å². The van der Waals surface area contributed by atoms with Gasteiger partial charge in [-0.1, -0.05) is 25.2 Å². The van der Waals surface area contributed by atoms with E-state index in [0.717, 1.165) is 6.42 Å². The monoisotopic (exact) mass is 138 g/mol. The molecule has 0 saturated carbocycles. The van der Waals surface area contributed by atoms with Crippen molar-refractivity contribution in [1.82, 2.24) is 0 Å². The first-order valence-corrected chi connectivity index (χ1v) is 3.63. The van der Waals surface area contributed by atoms with Crippen molar-refractivity contribution in [3.63, 3.8) is 0 Å². The van der Waals surface area contributed by atoms with Crippen molar-refractivity contribution in [3.05, 3.63) is 24.3 Å². The lowest BCUT2D eigenvalue weighted by Gasteiger charge is -1.85. The molecule has 1 nitrogen and oxygen atoms in total. The van der Waals surface area contributed by atoms with Crippen molar-refractivity contribution in [2.45, 2.75) is 26.7 Å². The Balaban J connectivity index is 3.56. The van der Waals surface area contributed by atoms with E-state index in [-0.39, 0.29) is 5.78 Å². The van der Waals surface area contributed by atoms with E-state index in [2.05, 4.69) is 0 Å². The molecule has 0 bridgehead atoms. The summed E-state index contributed by atoms with van der Waals surface area (Å²) in [5.74, 6) is 0.209. The average molecular weight is 138 g/mol. The maximum absolute atomic E-state index is 10.8. The van der Waals surface area contributed by atoms with Gasteiger partial charge in [0, 0.05) is 6.42 Å². The van der Waals surface area contributed by atoms with Gasteiger partial charge < -0.3 is 0 Å². The second-order valence-corrected chi connectivity index (χ2v) is 2.10. The number of hydrogen-bond donors (Lipinski definition) is 0. The van der Waals surface area contributed by atoms with Crippen LogP contribution in [0.3, 0.4) is 0 Å². The fourth-order valence-electron chi connectivity index (χ4n) is 0.604. The van der Waals surface area contributed by atoms with Crippen molar-refractivity contribution >= 4 is 5.78 Å². The molecule has 0 spiro atoms. The van der Waals surface area contributed by atoms with E-state index in [1.807, 2.05) is 26.0 Å². The summed E-state index contributed by atoms with van der Waals surface area (Å²) < 4.78 is 0. The molecular weight excluding hydrogens is 124 g/mol. The smallest absolute Gasteiger partial charge is 0.155 e. The van der Waals surface area contributed by atoms with Crippen molar-refractivity contribution in [3.8, 4) is 0 Å². The molecule has 0 amide bonds. The van der Waals surface area contributed by atoms with Crippen LogP contribution >= 0.6 is 0 Å². The van der Waals surface area contributed by atoms with Crippen LogP contribution in [0.5, 0.6) is 0 Å². The van der Waals surface area contributed by atoms with Gasteiger partial charge >= 0.3 is 0 Å². The molecule has 0 unspecified atom stereocenters. The molecule has 0 aromatic carbocycles. The van der Waals surface area contributed by atoms with Gasteiger partial charge in [-0.05, 0) is 19.4 Å². The fourth-order valence-corrected chi connectivity index (χ4v) is 0.604. The lowest BCUT2D eigenvalue weighted by molar-refractivity contribution is -0.114. The van der Waals surface area contributed by atoms with Crippen LogP contribution in [0, 0.1) is 0 Å². The van der Waals surface area contributed by atoms with E-state index in [1.54, 1.807) is 12.2 Å². The Morgan fingerprint density at radius 1 is 1.40 bits per heavy atom. The zero-order chi connectivity index (χ0) is 7.82. The summed E-state index contributed by atoms with van der Waals surface area (Å²) >= 11 is 0. The maximum Gasteiger partial charge on any atom is 0.155 e. The van der Waals surface area contributed by atoms with Gasteiger partial charge in [0.1, 0.15) is 0 Å². The van der Waals surface area contributed by atoms with E-state index < -0.39 is 0 Å². The molecule has 0 aliphatic heterocycles. The molecule has 0 radical (unpaired) electrons. The molecule has 0 aliphatic carbocycles. The Kier molecular flexibility index (Phi) is 5.74. The van der Waals surface area contributed by atoms with E-state index in [1.165, 1.54) is 0 Å². The minimum atomic E-state index is 0.209. The van der Waals surface area contributed by atoms with Crippen LogP contribution in [-0.4, -0.2) is 5.78 Å². The molecular formula is C9H14O. The lowest BCUT2D eigenvalue weighted by atomic mass is 10.2. The molecule has 56 valence electrons. The third-order valence-electron chi connectivity index (χ3n) is 1.08. The van der Waals surface area contributed by atoms with E-state index in [9.17, 15) is 4.79 Å². The summed E-state index contributed by atoms with van der Waals surface area (Å²) in [5.41, 5.74) is 0. The van der Waals surface area contributed by atoms with Gasteiger partial charge in [-0.2, -0.15) is 0 Å². The van der Waals surface area contributed by atoms with Gasteiger partial charge in [0.2, 0.25) is 0 Å². The molecule has 0 atom stereocenters. The molecule has 0 aromatic heterocycles. The normalized spacial score (nSPS) is 11.4. The summed E-state index contributed by atoms with van der Waals surface area (Å²) in [6, 6.07) is 0. The maximum atomic E-state index is 10.8. The van der Waals surface area contributed by atoms with Crippen molar-refractivity contribution in [1.29, 1.82) is 0 Å². The molecule has 0 saturated heterocycles. The molecule has 0 aromatic rings. The lowest BCUT2D eigenvalue weighted by Crippen LogP contribution is -1.88. The highest BCUT2D eigenvalue weighted by atomic mass is 16.1. The van der Waals surface area contributed by atoms with Crippen LogP contribution in [0.15, 0.2) is 24.3 Å². The number of hydrogen-bond acceptors (Lipinski definition) is 1. The molecule has 0 heterocycles. The number of carbonyl (C=O) groups is 1. The van der Waals surface area contributed by atoms with Crippen molar-refractivity contribution in [2.24, 2.45) is 0 Å². The first kappa shape index (κ1) is 9.15. The third kappa shape index (κ3) is 5.29. The minimum absolute atomic E-state index is 0.209. The highest BCUT2D eigenvalue weighted by molar-refractivity contribution is 5.89. The quantitative estimate of drug-likeness (QED) is 0.431. The largest absolute Gasteiger partial charge is 0.295 e. The summed E-state index contributed by atoms with van der Waals surface area (Å²) in [7, 11) is 0. The van der Waals surface area contributed by atoms with Gasteiger partial charge in [-0.3, -0.25) is 4.79 Å². The van der Waals surface area contributed by atoms with Crippen LogP contribution in [0.1, 0.15) is 26.7 Å². The predicted octanol–water partition coefficient (Wildman–Crippen LogP) is 2.49. The van der Waals surface area contributed by atoms with Crippen LogP contribution in [-0.2, 0) is 4.79 Å². The van der Waals surface area contributed by atoms with Gasteiger partial charge in [-0.25, -0.2) is 0 Å². The Morgan fingerprint density at radius 2 is 2.10 bits per heavy atom. The van der Waals surface area contributed by atoms with Gasteiger partial charge in [0.25, 0.3) is 0 Å². The van der Waals surface area contributed by atoms with Gasteiger partial charge in [0.15, 0.2) is 5.78 Å². The number of allylic oxidation sites excluding steroid dienone is 4. The average Bonchev–Trinajstić information content (AvgIpc) is 1.89. The second-order valence-electron chi connectivity index (χ2n) is 2.10. The van der Waals surface area contributed by atoms with E-state index in [0.29, 0.717) is 6.42 Å². The van der Waals surface area contributed by atoms with Crippen molar-refractivity contribution in [2.75, 3.05) is 0 Å². The summed E-state index contributed by atoms with van der Waals surface area (Å²) in [4.78, 5) is 10.8. The summed E-state index contributed by atoms with van der Waals surface area (Å²) in [5, 5.41) is 0. The van der Waals surface area contributed by atoms with Crippen LogP contribution < -0.4 is 0 Å². The summed E-state index contributed by atoms with van der Waals surface area (Å²) in [6.07, 6.45) is 8.73. The zero-order valence-electron chi connectivity index (χ0n) is 6.63. The first-order valence-electron chi connectivity index (χ1n) is 3.63. The van der Waals surface area contributed by atoms with Gasteiger partial charge in [-0.15, -0.1) is 0 Å². The highest BCUT2D eigenvalue weighted by Crippen LogP contribution is 1.90. The highest BCUT2D eigenvalue weighted by Gasteiger charge is 1.89. The molecule has 0 N–H and O–H groups in total. The molecule has 1 heteroatoms. The number of carbonyl (C=O) groups excluding carboxylic acids is 1. The molecule has 0 aliphatic rings. The fraction of sp³-hybridized carbons (Fsp3) is 0.444. The van der Waals surface area contributed by atoms with E-state index >= 15 is 0 Å². The first-order chi connectivity index (χ1) is 4.81. The SMILES string of the molecule is C/C=C/C=C/C(=O)CCC. The Labute approximate surface area is 62.4 Å². The number of ketones is 1. The molecule has 10 heavy (non-hydrogen) atoms. The molecule has 0 fully saturated rings. The van der Waals surface area contributed by atoms with Gasteiger partial charge in [0.05, 0.1) is 0 Å². The standard InChI is InChI=1S/C9H14O/c1-3-5-6-8-9(10)7-4-2/h3,5-6,8H,4,7H2,1-2H3/b5-3+,8-6+. The minimum Gasteiger partial charge on any atom is -0.295 e. The predicted molar refractivity (Wildman–Crippen MR) is 43.9 cm³/mol. The van der Waals surface area contributed by atoms with Crippen molar-refractivity contribution < 1.29 is 4.79 Å². The summed E-state index contributed by atoms with van der Waals surface area (Å²) in [6.45, 7) is 3.93. The number of rotatable bonds is 4. The van der Waals surface area contributed by atoms with Crippen LogP contribution in [0.4, 0.5) is 0 Å². The Bertz CT molecular complexity index is 143. The zero-order valence-corrected chi connectivity index (χ0v) is 6.63. The molecule has 0 rings (SSSR count). The van der Waals surface area contributed by atoms with Crippen LogP contribution in [0.25, 0.3) is 0 Å².